The number of aliphatic carboxylic acids is 1. The van der Waals surface area contributed by atoms with E-state index in [9.17, 15) is 9.59 Å². The van der Waals surface area contributed by atoms with E-state index in [0.29, 0.717) is 12.2 Å². The van der Waals surface area contributed by atoms with Gasteiger partial charge in [0.1, 0.15) is 6.04 Å². The molecule has 0 aromatic carbocycles. The number of carbonyl (C=O) groups is 2. The minimum Gasteiger partial charge on any atom is -0.480 e. The summed E-state index contributed by atoms with van der Waals surface area (Å²) in [6.07, 6.45) is 2.32. The molecule has 0 aliphatic heterocycles. The molecule has 6 heteroatoms. The standard InChI is InChI=1S/C7H14N2O3S/c1-8-7(12)9-5(6(10)11)3-4-13-2/h5H,3-4H2,1-2H3,(H,10,11)(H2,8,9,12)/t5-/m1/s1. The van der Waals surface area contributed by atoms with Gasteiger partial charge in [0.05, 0.1) is 0 Å². The number of urea groups is 1. The van der Waals surface area contributed by atoms with E-state index in [4.69, 9.17) is 5.11 Å². The van der Waals surface area contributed by atoms with Gasteiger partial charge < -0.3 is 15.7 Å². The number of hydrogen-bond acceptors (Lipinski definition) is 3. The Labute approximate surface area is 81.3 Å². The molecule has 13 heavy (non-hydrogen) atoms. The lowest BCUT2D eigenvalue weighted by molar-refractivity contribution is -0.139. The molecule has 0 bridgehead atoms. The first-order valence-corrected chi connectivity index (χ1v) is 5.21. The van der Waals surface area contributed by atoms with E-state index in [1.54, 1.807) is 11.8 Å². The molecule has 1 atom stereocenters. The molecular formula is C7H14N2O3S. The van der Waals surface area contributed by atoms with Crippen molar-refractivity contribution in [1.82, 2.24) is 10.6 Å². The maximum absolute atomic E-state index is 10.8. The van der Waals surface area contributed by atoms with Gasteiger partial charge in [0.15, 0.2) is 0 Å². The molecule has 0 radical (unpaired) electrons. The summed E-state index contributed by atoms with van der Waals surface area (Å²) >= 11 is 1.55. The maximum atomic E-state index is 10.8. The van der Waals surface area contributed by atoms with Gasteiger partial charge in [0, 0.05) is 7.05 Å². The second-order valence-corrected chi connectivity index (χ2v) is 3.38. The molecule has 0 aromatic rings. The third-order valence-electron chi connectivity index (χ3n) is 1.44. The molecule has 5 nitrogen and oxygen atoms in total. The molecule has 0 aliphatic rings. The minimum atomic E-state index is -1.00. The number of nitrogens with one attached hydrogen (secondary N) is 2. The van der Waals surface area contributed by atoms with Gasteiger partial charge in [-0.25, -0.2) is 9.59 Å². The zero-order valence-electron chi connectivity index (χ0n) is 7.66. The Morgan fingerprint density at radius 3 is 2.54 bits per heavy atom. The van der Waals surface area contributed by atoms with Crippen LogP contribution in [0.5, 0.6) is 0 Å². The summed E-state index contributed by atoms with van der Waals surface area (Å²) in [4.78, 5) is 21.4. The average molecular weight is 206 g/mol. The Morgan fingerprint density at radius 2 is 2.15 bits per heavy atom. The van der Waals surface area contributed by atoms with Crippen molar-refractivity contribution in [3.63, 3.8) is 0 Å². The van der Waals surface area contributed by atoms with Crippen molar-refractivity contribution in [2.45, 2.75) is 12.5 Å². The monoisotopic (exact) mass is 206 g/mol. The maximum Gasteiger partial charge on any atom is 0.326 e. The molecule has 0 fully saturated rings. The molecule has 0 unspecified atom stereocenters. The third-order valence-corrected chi connectivity index (χ3v) is 2.09. The fourth-order valence-corrected chi connectivity index (χ4v) is 1.19. The largest absolute Gasteiger partial charge is 0.480 e. The highest BCUT2D eigenvalue weighted by Gasteiger charge is 2.18. The fourth-order valence-electron chi connectivity index (χ4n) is 0.723. The number of carboxylic acids is 1. The summed E-state index contributed by atoms with van der Waals surface area (Å²) in [6.45, 7) is 0. The van der Waals surface area contributed by atoms with E-state index in [1.165, 1.54) is 7.05 Å². The first kappa shape index (κ1) is 12.1. The van der Waals surface area contributed by atoms with Crippen LogP contribution in [0.1, 0.15) is 6.42 Å². The third kappa shape index (κ3) is 5.35. The Bertz CT molecular complexity index is 187. The van der Waals surface area contributed by atoms with Gasteiger partial charge in [-0.15, -0.1) is 0 Å². The summed E-state index contributed by atoms with van der Waals surface area (Å²) in [5.41, 5.74) is 0. The molecule has 2 amide bonds. The van der Waals surface area contributed by atoms with Crippen LogP contribution in [0.25, 0.3) is 0 Å². The van der Waals surface area contributed by atoms with Crippen molar-refractivity contribution in [3.05, 3.63) is 0 Å². The van der Waals surface area contributed by atoms with Crippen LogP contribution in [0.4, 0.5) is 4.79 Å². The molecule has 0 aromatic heterocycles. The molecule has 3 N–H and O–H groups in total. The molecule has 0 aliphatic carbocycles. The van der Waals surface area contributed by atoms with Crippen LogP contribution in [0, 0.1) is 0 Å². The van der Waals surface area contributed by atoms with E-state index in [2.05, 4.69) is 10.6 Å². The number of carboxylic acid groups (broad SMARTS) is 1. The Kier molecular flexibility index (Phi) is 6.13. The van der Waals surface area contributed by atoms with Crippen LogP contribution in [-0.2, 0) is 4.79 Å². The number of thioether (sulfide) groups is 1. The summed E-state index contributed by atoms with van der Waals surface area (Å²) in [6, 6.07) is -1.26. The zero-order chi connectivity index (χ0) is 10.3. The lowest BCUT2D eigenvalue weighted by Gasteiger charge is -2.12. The van der Waals surface area contributed by atoms with E-state index in [0.717, 1.165) is 0 Å². The summed E-state index contributed by atoms with van der Waals surface area (Å²) < 4.78 is 0. The molecule has 0 saturated heterocycles. The SMILES string of the molecule is CNC(=O)N[C@H](CCSC)C(=O)O. The van der Waals surface area contributed by atoms with E-state index in [1.807, 2.05) is 6.26 Å². The number of amides is 2. The molecule has 76 valence electrons. The molecule has 0 saturated carbocycles. The fraction of sp³-hybridized carbons (Fsp3) is 0.714. The Balaban J connectivity index is 3.94. The van der Waals surface area contributed by atoms with Gasteiger partial charge in [-0.1, -0.05) is 0 Å². The first-order valence-electron chi connectivity index (χ1n) is 3.81. The molecular weight excluding hydrogens is 192 g/mol. The lowest BCUT2D eigenvalue weighted by atomic mass is 10.2. The predicted molar refractivity (Wildman–Crippen MR) is 52.0 cm³/mol. The summed E-state index contributed by atoms with van der Waals surface area (Å²) in [7, 11) is 1.45. The van der Waals surface area contributed by atoms with Crippen LogP contribution >= 0.6 is 11.8 Å². The van der Waals surface area contributed by atoms with Crippen LogP contribution in [0.15, 0.2) is 0 Å². The van der Waals surface area contributed by atoms with E-state index >= 15 is 0 Å². The number of hydrogen-bond donors (Lipinski definition) is 3. The van der Waals surface area contributed by atoms with Gasteiger partial charge >= 0.3 is 12.0 Å². The predicted octanol–water partition coefficient (Wildman–Crippen LogP) is 0.122. The second kappa shape index (κ2) is 6.59. The van der Waals surface area contributed by atoms with Gasteiger partial charge in [0.25, 0.3) is 0 Å². The average Bonchev–Trinajstić information content (AvgIpc) is 2.11. The summed E-state index contributed by atoms with van der Waals surface area (Å²) in [5, 5.41) is 13.3. The van der Waals surface area contributed by atoms with Crippen molar-refractivity contribution < 1.29 is 14.7 Å². The van der Waals surface area contributed by atoms with Gasteiger partial charge in [-0.2, -0.15) is 11.8 Å². The summed E-state index contributed by atoms with van der Waals surface area (Å²) in [5.74, 6) is -0.293. The first-order chi connectivity index (χ1) is 6.11. The van der Waals surface area contributed by atoms with Crippen molar-refractivity contribution in [2.75, 3.05) is 19.1 Å². The zero-order valence-corrected chi connectivity index (χ0v) is 8.48. The van der Waals surface area contributed by atoms with Crippen LogP contribution in [0.3, 0.4) is 0 Å². The van der Waals surface area contributed by atoms with E-state index < -0.39 is 18.0 Å². The number of carbonyl (C=O) groups excluding carboxylic acids is 1. The number of rotatable bonds is 5. The van der Waals surface area contributed by atoms with Crippen molar-refractivity contribution in [1.29, 1.82) is 0 Å². The van der Waals surface area contributed by atoms with Crippen molar-refractivity contribution in [2.24, 2.45) is 0 Å². The molecule has 0 spiro atoms. The lowest BCUT2D eigenvalue weighted by Crippen LogP contribution is -2.45. The molecule has 0 rings (SSSR count). The van der Waals surface area contributed by atoms with E-state index in [-0.39, 0.29) is 0 Å². The van der Waals surface area contributed by atoms with Crippen LogP contribution in [-0.4, -0.2) is 42.2 Å². The topological polar surface area (TPSA) is 78.4 Å². The Morgan fingerprint density at radius 1 is 1.54 bits per heavy atom. The van der Waals surface area contributed by atoms with Gasteiger partial charge in [-0.05, 0) is 18.4 Å². The van der Waals surface area contributed by atoms with Gasteiger partial charge in [-0.3, -0.25) is 0 Å². The van der Waals surface area contributed by atoms with Crippen molar-refractivity contribution >= 4 is 23.8 Å². The molecule has 0 heterocycles. The Hall–Kier alpha value is -0.910. The normalized spacial score (nSPS) is 11.8. The second-order valence-electron chi connectivity index (χ2n) is 2.40. The minimum absolute atomic E-state index is 0.434. The van der Waals surface area contributed by atoms with Crippen LogP contribution < -0.4 is 10.6 Å². The van der Waals surface area contributed by atoms with Crippen molar-refractivity contribution in [3.8, 4) is 0 Å². The highest BCUT2D eigenvalue weighted by Crippen LogP contribution is 2.00. The highest BCUT2D eigenvalue weighted by atomic mass is 32.2. The van der Waals surface area contributed by atoms with Gasteiger partial charge in [0.2, 0.25) is 0 Å². The smallest absolute Gasteiger partial charge is 0.326 e. The quantitative estimate of drug-likeness (QED) is 0.597. The highest BCUT2D eigenvalue weighted by molar-refractivity contribution is 7.98. The van der Waals surface area contributed by atoms with Crippen LogP contribution in [0.2, 0.25) is 0 Å².